The normalized spacial score (nSPS) is 10.8. The number of carbonyl (C=O) groups excluding carboxylic acids is 1. The predicted octanol–water partition coefficient (Wildman–Crippen LogP) is 2.28. The molecule has 0 unspecified atom stereocenters. The van der Waals surface area contributed by atoms with E-state index in [0.29, 0.717) is 5.75 Å². The SMILES string of the molecule is COC(=O)c1cccc(NS(=O)(=O)c2cccc(OC)c2)c1. The number of hydrogen-bond donors (Lipinski definition) is 1. The summed E-state index contributed by atoms with van der Waals surface area (Å²) in [6.07, 6.45) is 0. The van der Waals surface area contributed by atoms with E-state index in [2.05, 4.69) is 9.46 Å². The number of anilines is 1. The number of rotatable bonds is 5. The van der Waals surface area contributed by atoms with Crippen LogP contribution in [0.4, 0.5) is 5.69 Å². The Morgan fingerprint density at radius 1 is 1.05 bits per heavy atom. The van der Waals surface area contributed by atoms with Crippen LogP contribution in [0.15, 0.2) is 53.4 Å². The Bertz CT molecular complexity index is 786. The number of hydrogen-bond acceptors (Lipinski definition) is 5. The summed E-state index contributed by atoms with van der Waals surface area (Å²) in [5, 5.41) is 0. The van der Waals surface area contributed by atoms with Gasteiger partial charge in [0.2, 0.25) is 0 Å². The molecule has 0 fully saturated rings. The maximum Gasteiger partial charge on any atom is 0.337 e. The minimum Gasteiger partial charge on any atom is -0.497 e. The van der Waals surface area contributed by atoms with Gasteiger partial charge in [0.1, 0.15) is 5.75 Å². The standard InChI is InChI=1S/C15H15NO5S/c1-20-13-7-4-8-14(10-13)22(18,19)16-12-6-3-5-11(9-12)15(17)21-2/h3-10,16H,1-2H3. The van der Waals surface area contributed by atoms with Crippen molar-refractivity contribution in [2.24, 2.45) is 0 Å². The molecule has 0 spiro atoms. The van der Waals surface area contributed by atoms with Crippen LogP contribution in [-0.2, 0) is 14.8 Å². The van der Waals surface area contributed by atoms with Crippen molar-refractivity contribution in [2.75, 3.05) is 18.9 Å². The van der Waals surface area contributed by atoms with E-state index in [9.17, 15) is 13.2 Å². The summed E-state index contributed by atoms with van der Waals surface area (Å²) in [4.78, 5) is 11.5. The highest BCUT2D eigenvalue weighted by Crippen LogP contribution is 2.21. The van der Waals surface area contributed by atoms with E-state index < -0.39 is 16.0 Å². The smallest absolute Gasteiger partial charge is 0.337 e. The Labute approximate surface area is 128 Å². The van der Waals surface area contributed by atoms with E-state index in [1.54, 1.807) is 24.3 Å². The molecule has 6 nitrogen and oxygen atoms in total. The number of sulfonamides is 1. The molecule has 2 aromatic carbocycles. The van der Waals surface area contributed by atoms with E-state index in [0.717, 1.165) is 0 Å². The van der Waals surface area contributed by atoms with Crippen LogP contribution in [0.25, 0.3) is 0 Å². The molecule has 0 aliphatic heterocycles. The Hall–Kier alpha value is -2.54. The number of benzene rings is 2. The lowest BCUT2D eigenvalue weighted by Gasteiger charge is -2.10. The predicted molar refractivity (Wildman–Crippen MR) is 81.6 cm³/mol. The average molecular weight is 321 g/mol. The maximum absolute atomic E-state index is 12.3. The van der Waals surface area contributed by atoms with E-state index in [1.165, 1.54) is 38.5 Å². The summed E-state index contributed by atoms with van der Waals surface area (Å²) < 4.78 is 36.7. The molecule has 0 heterocycles. The van der Waals surface area contributed by atoms with Crippen LogP contribution in [0, 0.1) is 0 Å². The van der Waals surface area contributed by atoms with Crippen LogP contribution in [0.5, 0.6) is 5.75 Å². The fourth-order valence-electron chi connectivity index (χ4n) is 1.81. The zero-order chi connectivity index (χ0) is 16.2. The number of methoxy groups -OCH3 is 2. The second kappa shape index (κ2) is 6.48. The van der Waals surface area contributed by atoms with Crippen molar-refractivity contribution in [1.29, 1.82) is 0 Å². The molecule has 22 heavy (non-hydrogen) atoms. The first-order valence-corrected chi connectivity index (χ1v) is 7.80. The van der Waals surface area contributed by atoms with E-state index >= 15 is 0 Å². The molecule has 0 aliphatic rings. The maximum atomic E-state index is 12.3. The molecule has 0 bridgehead atoms. The van der Waals surface area contributed by atoms with Crippen molar-refractivity contribution in [2.45, 2.75) is 4.90 Å². The Kier molecular flexibility index (Phi) is 4.67. The summed E-state index contributed by atoms with van der Waals surface area (Å²) >= 11 is 0. The highest BCUT2D eigenvalue weighted by atomic mass is 32.2. The molecule has 0 saturated carbocycles. The molecule has 2 aromatic rings. The van der Waals surface area contributed by atoms with Gasteiger partial charge < -0.3 is 9.47 Å². The highest BCUT2D eigenvalue weighted by Gasteiger charge is 2.16. The van der Waals surface area contributed by atoms with E-state index in [1.807, 2.05) is 0 Å². The van der Waals surface area contributed by atoms with Crippen molar-refractivity contribution >= 4 is 21.7 Å². The number of ether oxygens (including phenoxy) is 2. The van der Waals surface area contributed by atoms with Gasteiger partial charge >= 0.3 is 5.97 Å². The van der Waals surface area contributed by atoms with Gasteiger partial charge in [-0.15, -0.1) is 0 Å². The molecule has 7 heteroatoms. The molecule has 0 saturated heterocycles. The average Bonchev–Trinajstić information content (AvgIpc) is 2.54. The minimum atomic E-state index is -3.78. The first kappa shape index (κ1) is 15.8. The quantitative estimate of drug-likeness (QED) is 0.854. The van der Waals surface area contributed by atoms with Crippen molar-refractivity contribution in [3.8, 4) is 5.75 Å². The summed E-state index contributed by atoms with van der Waals surface area (Å²) in [5.41, 5.74) is 0.527. The largest absolute Gasteiger partial charge is 0.497 e. The van der Waals surface area contributed by atoms with Gasteiger partial charge in [-0.3, -0.25) is 4.72 Å². The first-order valence-electron chi connectivity index (χ1n) is 6.31. The van der Waals surface area contributed by atoms with Gasteiger partial charge in [-0.25, -0.2) is 13.2 Å². The van der Waals surface area contributed by atoms with Crippen molar-refractivity contribution < 1.29 is 22.7 Å². The van der Waals surface area contributed by atoms with Crippen molar-refractivity contribution in [3.63, 3.8) is 0 Å². The zero-order valence-corrected chi connectivity index (χ0v) is 12.9. The van der Waals surface area contributed by atoms with Gasteiger partial charge in [-0.2, -0.15) is 0 Å². The molecule has 116 valence electrons. The van der Waals surface area contributed by atoms with Crippen LogP contribution >= 0.6 is 0 Å². The third-order valence-corrected chi connectivity index (χ3v) is 4.27. The minimum absolute atomic E-state index is 0.0651. The summed E-state index contributed by atoms with van der Waals surface area (Å²) in [7, 11) is -1.06. The fraction of sp³-hybridized carbons (Fsp3) is 0.133. The monoisotopic (exact) mass is 321 g/mol. The van der Waals surface area contributed by atoms with E-state index in [4.69, 9.17) is 4.74 Å². The molecule has 1 N–H and O–H groups in total. The zero-order valence-electron chi connectivity index (χ0n) is 12.1. The second-order valence-electron chi connectivity index (χ2n) is 4.36. The summed E-state index contributed by atoms with van der Waals surface area (Å²) in [6, 6.07) is 12.1. The highest BCUT2D eigenvalue weighted by molar-refractivity contribution is 7.92. The molecule has 0 atom stereocenters. The molecule has 0 aliphatic carbocycles. The topological polar surface area (TPSA) is 81.7 Å². The molecule has 0 aromatic heterocycles. The Morgan fingerprint density at radius 2 is 1.77 bits per heavy atom. The van der Waals surface area contributed by atoms with Crippen LogP contribution < -0.4 is 9.46 Å². The third-order valence-electron chi connectivity index (χ3n) is 2.89. The molecule has 0 radical (unpaired) electrons. The summed E-state index contributed by atoms with van der Waals surface area (Å²) in [5.74, 6) is -0.103. The molecule has 2 rings (SSSR count). The van der Waals surface area contributed by atoms with Crippen LogP contribution in [0.2, 0.25) is 0 Å². The van der Waals surface area contributed by atoms with Crippen molar-refractivity contribution in [3.05, 3.63) is 54.1 Å². The van der Waals surface area contributed by atoms with Crippen molar-refractivity contribution in [1.82, 2.24) is 0 Å². The number of nitrogens with one attached hydrogen (secondary N) is 1. The van der Waals surface area contributed by atoms with Crippen LogP contribution in [0.1, 0.15) is 10.4 Å². The lowest BCUT2D eigenvalue weighted by atomic mass is 10.2. The number of esters is 1. The first-order chi connectivity index (χ1) is 10.5. The van der Waals surface area contributed by atoms with Gasteiger partial charge in [0.25, 0.3) is 10.0 Å². The fourth-order valence-corrected chi connectivity index (χ4v) is 2.89. The van der Waals surface area contributed by atoms with Crippen LogP contribution in [0.3, 0.4) is 0 Å². The molecular formula is C15H15NO5S. The lowest BCUT2D eigenvalue weighted by Crippen LogP contribution is -2.13. The van der Waals surface area contributed by atoms with Gasteiger partial charge in [-0.1, -0.05) is 12.1 Å². The Morgan fingerprint density at radius 3 is 2.45 bits per heavy atom. The number of carbonyl (C=O) groups is 1. The van der Waals surface area contributed by atoms with Gasteiger partial charge in [0.15, 0.2) is 0 Å². The molecule has 0 amide bonds. The Balaban J connectivity index is 2.30. The second-order valence-corrected chi connectivity index (χ2v) is 6.04. The van der Waals surface area contributed by atoms with E-state index in [-0.39, 0.29) is 16.1 Å². The van der Waals surface area contributed by atoms with Gasteiger partial charge in [-0.05, 0) is 30.3 Å². The lowest BCUT2D eigenvalue weighted by molar-refractivity contribution is 0.0601. The third kappa shape index (κ3) is 3.56. The van der Waals surface area contributed by atoms with Gasteiger partial charge in [0, 0.05) is 11.8 Å². The van der Waals surface area contributed by atoms with Crippen LogP contribution in [-0.4, -0.2) is 28.6 Å². The summed E-state index contributed by atoms with van der Waals surface area (Å²) in [6.45, 7) is 0. The van der Waals surface area contributed by atoms with Gasteiger partial charge in [0.05, 0.1) is 24.7 Å². The molecular weight excluding hydrogens is 306 g/mol.